The van der Waals surface area contributed by atoms with Crippen LogP contribution < -0.4 is 5.32 Å². The predicted molar refractivity (Wildman–Crippen MR) is 81.6 cm³/mol. The van der Waals surface area contributed by atoms with Crippen molar-refractivity contribution in [1.82, 2.24) is 5.32 Å². The Labute approximate surface area is 123 Å². The molecule has 0 aromatic heterocycles. The van der Waals surface area contributed by atoms with Gasteiger partial charge in [-0.1, -0.05) is 20.8 Å². The molecular weight excluding hydrogens is 274 g/mol. The first kappa shape index (κ1) is 16.2. The van der Waals surface area contributed by atoms with Crippen molar-refractivity contribution in [3.63, 3.8) is 0 Å². The van der Waals surface area contributed by atoms with Crippen molar-refractivity contribution < 1.29 is 13.2 Å². The van der Waals surface area contributed by atoms with Crippen molar-refractivity contribution >= 4 is 9.84 Å². The average Bonchev–Trinajstić information content (AvgIpc) is 2.75. The number of hydrogen-bond donors (Lipinski definition) is 1. The van der Waals surface area contributed by atoms with Gasteiger partial charge in [0.15, 0.2) is 9.84 Å². The number of sulfone groups is 1. The molecule has 1 heterocycles. The Morgan fingerprint density at radius 1 is 1.20 bits per heavy atom. The quantitative estimate of drug-likeness (QED) is 0.863. The second kappa shape index (κ2) is 6.32. The summed E-state index contributed by atoms with van der Waals surface area (Å²) in [6, 6.07) is 0.0940. The molecular formula is C15H29NO3S. The summed E-state index contributed by atoms with van der Waals surface area (Å²) in [5.41, 5.74) is 0. The molecule has 5 heteroatoms. The summed E-state index contributed by atoms with van der Waals surface area (Å²) in [7, 11) is -3.14. The van der Waals surface area contributed by atoms with Gasteiger partial charge in [-0.2, -0.15) is 0 Å². The number of rotatable bonds is 4. The largest absolute Gasteiger partial charge is 0.377 e. The molecule has 0 amide bonds. The zero-order valence-electron chi connectivity index (χ0n) is 13.1. The maximum absolute atomic E-state index is 13.1. The molecule has 2 rings (SSSR count). The first-order chi connectivity index (χ1) is 9.37. The highest BCUT2D eigenvalue weighted by molar-refractivity contribution is 7.92. The van der Waals surface area contributed by atoms with Gasteiger partial charge >= 0.3 is 0 Å². The molecule has 118 valence electrons. The molecule has 6 atom stereocenters. The van der Waals surface area contributed by atoms with Crippen LogP contribution in [-0.2, 0) is 14.6 Å². The van der Waals surface area contributed by atoms with E-state index >= 15 is 0 Å². The molecule has 1 N–H and O–H groups in total. The summed E-state index contributed by atoms with van der Waals surface area (Å²) in [5.74, 6) is 0.818. The lowest BCUT2D eigenvalue weighted by Crippen LogP contribution is -2.54. The number of ether oxygens (including phenoxy) is 1. The maximum Gasteiger partial charge on any atom is 0.160 e. The zero-order valence-corrected chi connectivity index (χ0v) is 13.9. The fourth-order valence-corrected chi connectivity index (χ4v) is 7.05. The summed E-state index contributed by atoms with van der Waals surface area (Å²) < 4.78 is 31.7. The Hall–Kier alpha value is -0.130. The molecule has 0 spiro atoms. The Bertz CT molecular complexity index is 423. The summed E-state index contributed by atoms with van der Waals surface area (Å²) in [4.78, 5) is 0. The summed E-state index contributed by atoms with van der Waals surface area (Å²) >= 11 is 0. The van der Waals surface area contributed by atoms with Crippen LogP contribution >= 0.6 is 0 Å². The van der Waals surface area contributed by atoms with Gasteiger partial charge in [-0.05, 0) is 44.6 Å². The Morgan fingerprint density at radius 2 is 1.90 bits per heavy atom. The van der Waals surface area contributed by atoms with Crippen LogP contribution in [0, 0.1) is 11.8 Å². The molecule has 6 unspecified atom stereocenters. The van der Waals surface area contributed by atoms with Crippen LogP contribution in [0.2, 0.25) is 0 Å². The van der Waals surface area contributed by atoms with E-state index in [9.17, 15) is 8.42 Å². The van der Waals surface area contributed by atoms with Crippen LogP contribution in [0.25, 0.3) is 0 Å². The highest BCUT2D eigenvalue weighted by Gasteiger charge is 2.48. The standard InChI is InChI=1S/C15H29NO3S/c1-5-16-13-9-10(2)8-11(3)15(13)20(17,18)14-6-7-19-12(14)4/h10-16H,5-9H2,1-4H3. The van der Waals surface area contributed by atoms with Crippen molar-refractivity contribution in [3.8, 4) is 0 Å². The zero-order chi connectivity index (χ0) is 14.9. The second-order valence-electron chi connectivity index (χ2n) is 6.67. The Kier molecular flexibility index (Phi) is 5.14. The monoisotopic (exact) mass is 303 g/mol. The van der Waals surface area contributed by atoms with Crippen molar-refractivity contribution in [2.75, 3.05) is 13.2 Å². The topological polar surface area (TPSA) is 55.4 Å². The molecule has 20 heavy (non-hydrogen) atoms. The normalized spacial score (nSPS) is 42.8. The lowest BCUT2D eigenvalue weighted by molar-refractivity contribution is 0.126. The van der Waals surface area contributed by atoms with E-state index in [4.69, 9.17) is 4.74 Å². The molecule has 0 radical (unpaired) electrons. The molecule has 0 bridgehead atoms. The molecule has 1 saturated heterocycles. The van der Waals surface area contributed by atoms with Crippen molar-refractivity contribution in [1.29, 1.82) is 0 Å². The van der Waals surface area contributed by atoms with Gasteiger partial charge in [-0.25, -0.2) is 8.42 Å². The molecule has 1 aliphatic heterocycles. The first-order valence-electron chi connectivity index (χ1n) is 7.95. The molecule has 2 fully saturated rings. The third-order valence-electron chi connectivity index (χ3n) is 4.96. The lowest BCUT2D eigenvalue weighted by atomic mass is 9.80. The first-order valence-corrected chi connectivity index (χ1v) is 9.56. The van der Waals surface area contributed by atoms with E-state index < -0.39 is 9.84 Å². The minimum atomic E-state index is -3.14. The molecule has 1 aliphatic carbocycles. The van der Waals surface area contributed by atoms with Crippen LogP contribution in [-0.4, -0.2) is 44.2 Å². The van der Waals surface area contributed by atoms with Crippen molar-refractivity contribution in [2.45, 2.75) is 69.6 Å². The molecule has 0 aromatic carbocycles. The minimum absolute atomic E-state index is 0.0940. The van der Waals surface area contributed by atoms with E-state index in [1.54, 1.807) is 0 Å². The number of hydrogen-bond acceptors (Lipinski definition) is 4. The van der Waals surface area contributed by atoms with E-state index in [0.717, 1.165) is 19.4 Å². The van der Waals surface area contributed by atoms with E-state index in [1.165, 1.54) is 0 Å². The van der Waals surface area contributed by atoms with Gasteiger partial charge in [0, 0.05) is 12.6 Å². The predicted octanol–water partition coefficient (Wildman–Crippen LogP) is 1.99. The van der Waals surface area contributed by atoms with Crippen molar-refractivity contribution in [3.05, 3.63) is 0 Å². The van der Waals surface area contributed by atoms with Crippen LogP contribution in [0.5, 0.6) is 0 Å². The average molecular weight is 303 g/mol. The Balaban J connectivity index is 2.26. The van der Waals surface area contributed by atoms with E-state index in [-0.39, 0.29) is 28.6 Å². The number of nitrogens with one attached hydrogen (secondary N) is 1. The molecule has 2 aliphatic rings. The molecule has 0 aromatic rings. The van der Waals surface area contributed by atoms with Gasteiger partial charge in [0.25, 0.3) is 0 Å². The van der Waals surface area contributed by atoms with Gasteiger partial charge in [0.05, 0.1) is 16.6 Å². The summed E-state index contributed by atoms with van der Waals surface area (Å²) in [6.07, 6.45) is 2.47. The fraction of sp³-hybridized carbons (Fsp3) is 1.00. The second-order valence-corrected chi connectivity index (χ2v) is 9.00. The SMILES string of the molecule is CCNC1CC(C)CC(C)C1S(=O)(=O)C1CCOC1C. The van der Waals surface area contributed by atoms with Crippen LogP contribution in [0.1, 0.15) is 47.0 Å². The smallest absolute Gasteiger partial charge is 0.160 e. The van der Waals surface area contributed by atoms with E-state index in [0.29, 0.717) is 18.9 Å². The molecule has 4 nitrogen and oxygen atoms in total. The summed E-state index contributed by atoms with van der Waals surface area (Å²) in [6.45, 7) is 9.68. The third-order valence-corrected chi connectivity index (χ3v) is 7.98. The Morgan fingerprint density at radius 3 is 2.45 bits per heavy atom. The fourth-order valence-electron chi connectivity index (χ4n) is 4.19. The van der Waals surface area contributed by atoms with Crippen LogP contribution in [0.15, 0.2) is 0 Å². The van der Waals surface area contributed by atoms with Gasteiger partial charge in [0.1, 0.15) is 0 Å². The van der Waals surface area contributed by atoms with E-state index in [2.05, 4.69) is 26.1 Å². The summed E-state index contributed by atoms with van der Waals surface area (Å²) in [5, 5.41) is 2.85. The highest BCUT2D eigenvalue weighted by Crippen LogP contribution is 2.37. The minimum Gasteiger partial charge on any atom is -0.377 e. The third kappa shape index (κ3) is 3.04. The van der Waals surface area contributed by atoms with Gasteiger partial charge in [-0.3, -0.25) is 0 Å². The van der Waals surface area contributed by atoms with Gasteiger partial charge in [-0.15, -0.1) is 0 Å². The van der Waals surface area contributed by atoms with Gasteiger partial charge < -0.3 is 10.1 Å². The van der Waals surface area contributed by atoms with Gasteiger partial charge in [0.2, 0.25) is 0 Å². The lowest BCUT2D eigenvalue weighted by Gasteiger charge is -2.41. The maximum atomic E-state index is 13.1. The van der Waals surface area contributed by atoms with Crippen molar-refractivity contribution in [2.24, 2.45) is 11.8 Å². The van der Waals surface area contributed by atoms with Crippen LogP contribution in [0.4, 0.5) is 0 Å². The highest BCUT2D eigenvalue weighted by atomic mass is 32.2. The molecule has 1 saturated carbocycles. The van der Waals surface area contributed by atoms with E-state index in [1.807, 2.05) is 6.92 Å². The van der Waals surface area contributed by atoms with Crippen LogP contribution in [0.3, 0.4) is 0 Å².